The molecular formula is C25H35N3O6. The molecule has 1 aliphatic carbocycles. The van der Waals surface area contributed by atoms with Crippen LogP contribution in [0.3, 0.4) is 0 Å². The molecule has 0 radical (unpaired) electrons. The number of aromatic nitrogens is 1. The van der Waals surface area contributed by atoms with Crippen LogP contribution in [0.25, 0.3) is 0 Å². The highest BCUT2D eigenvalue weighted by atomic mass is 16.5. The monoisotopic (exact) mass is 473 g/mol. The number of aliphatic hydroxyl groups is 2. The first-order valence-electron chi connectivity index (χ1n) is 11.7. The van der Waals surface area contributed by atoms with Gasteiger partial charge in [0, 0.05) is 38.4 Å². The maximum atomic E-state index is 13.4. The Morgan fingerprint density at radius 1 is 1.44 bits per heavy atom. The van der Waals surface area contributed by atoms with E-state index in [0.717, 1.165) is 12.8 Å². The van der Waals surface area contributed by atoms with E-state index in [0.29, 0.717) is 24.9 Å². The summed E-state index contributed by atoms with van der Waals surface area (Å²) in [5, 5.41) is 20.3. The van der Waals surface area contributed by atoms with Crippen LogP contribution in [-0.2, 0) is 9.53 Å². The number of fused-ring (bicyclic) bond motifs is 1. The van der Waals surface area contributed by atoms with E-state index < -0.39 is 17.7 Å². The molecule has 1 aromatic heterocycles. The summed E-state index contributed by atoms with van der Waals surface area (Å²) in [6, 6.07) is 1.21. The Balaban J connectivity index is 1.95. The fourth-order valence-electron chi connectivity index (χ4n) is 4.27. The van der Waals surface area contributed by atoms with Crippen molar-refractivity contribution in [3.63, 3.8) is 0 Å². The van der Waals surface area contributed by atoms with Gasteiger partial charge in [0.15, 0.2) is 0 Å². The van der Waals surface area contributed by atoms with E-state index >= 15 is 0 Å². The van der Waals surface area contributed by atoms with Crippen LogP contribution in [-0.4, -0.2) is 95.0 Å². The number of aliphatic hydroxyl groups excluding tert-OH is 1. The van der Waals surface area contributed by atoms with Crippen molar-refractivity contribution < 1.29 is 29.3 Å². The van der Waals surface area contributed by atoms with E-state index in [2.05, 4.69) is 16.8 Å². The molecule has 1 aromatic rings. The van der Waals surface area contributed by atoms with Gasteiger partial charge >= 0.3 is 0 Å². The summed E-state index contributed by atoms with van der Waals surface area (Å²) < 4.78 is 11.1. The lowest BCUT2D eigenvalue weighted by molar-refractivity contribution is -0.135. The Hall–Kier alpha value is -2.67. The largest absolute Gasteiger partial charge is 0.472 e. The van der Waals surface area contributed by atoms with Gasteiger partial charge in [-0.05, 0) is 38.7 Å². The van der Waals surface area contributed by atoms with Gasteiger partial charge in [0.2, 0.25) is 11.8 Å². The molecule has 1 fully saturated rings. The fraction of sp³-hybridized carbons (Fsp3) is 0.640. The molecule has 0 saturated heterocycles. The number of methoxy groups -OCH3 is 1. The van der Waals surface area contributed by atoms with E-state index in [1.807, 2.05) is 6.92 Å². The average molecular weight is 474 g/mol. The van der Waals surface area contributed by atoms with Crippen molar-refractivity contribution in [1.29, 1.82) is 0 Å². The molecule has 1 aliphatic heterocycles. The average Bonchev–Trinajstić information content (AvgIpc) is 3.26. The van der Waals surface area contributed by atoms with Crippen LogP contribution in [0.5, 0.6) is 5.88 Å². The van der Waals surface area contributed by atoms with E-state index in [-0.39, 0.29) is 48.9 Å². The minimum Gasteiger partial charge on any atom is -0.472 e. The lowest BCUT2D eigenvalue weighted by Crippen LogP contribution is -2.50. The number of hydrogen-bond donors (Lipinski definition) is 2. The van der Waals surface area contributed by atoms with Crippen LogP contribution in [0.4, 0.5) is 0 Å². The first kappa shape index (κ1) is 25.9. The highest BCUT2D eigenvalue weighted by Crippen LogP contribution is 2.30. The van der Waals surface area contributed by atoms with E-state index in [1.54, 1.807) is 24.9 Å². The van der Waals surface area contributed by atoms with Gasteiger partial charge in [-0.2, -0.15) is 0 Å². The standard InChI is InChI=1S/C25H35N3O6/c1-17-13-28(18(2)15-29)24(31)20-11-19(7-10-25(32)8-5-6-9-25)12-26-23(20)34-21(17)14-27(3)22(30)16-33-4/h11-12,17-18,21,29,32H,5-6,8-9,13-16H2,1-4H3/t17-,18-,21-/m0/s1. The summed E-state index contributed by atoms with van der Waals surface area (Å²) in [6.07, 6.45) is 4.24. The van der Waals surface area contributed by atoms with Crippen molar-refractivity contribution in [3.05, 3.63) is 23.4 Å². The molecule has 9 heteroatoms. The van der Waals surface area contributed by atoms with Gasteiger partial charge < -0.3 is 29.5 Å². The predicted octanol–water partition coefficient (Wildman–Crippen LogP) is 1.06. The molecule has 2 N–H and O–H groups in total. The molecular weight excluding hydrogens is 438 g/mol. The number of pyridine rings is 1. The highest BCUT2D eigenvalue weighted by Gasteiger charge is 2.35. The van der Waals surface area contributed by atoms with Gasteiger partial charge in [0.1, 0.15) is 23.9 Å². The molecule has 3 rings (SSSR count). The third-order valence-electron chi connectivity index (χ3n) is 6.54. The maximum absolute atomic E-state index is 13.4. The number of carbonyl (C=O) groups is 2. The second kappa shape index (κ2) is 11.2. The molecule has 3 atom stereocenters. The summed E-state index contributed by atoms with van der Waals surface area (Å²) in [4.78, 5) is 33.2. The lowest BCUT2D eigenvalue weighted by Gasteiger charge is -2.37. The first-order chi connectivity index (χ1) is 16.2. The third kappa shape index (κ3) is 6.06. The number of nitrogens with zero attached hydrogens (tertiary/aromatic N) is 3. The minimum absolute atomic E-state index is 0.0347. The van der Waals surface area contributed by atoms with Crippen LogP contribution in [0.2, 0.25) is 0 Å². The molecule has 0 unspecified atom stereocenters. The van der Waals surface area contributed by atoms with Crippen molar-refractivity contribution in [2.45, 2.75) is 57.3 Å². The summed E-state index contributed by atoms with van der Waals surface area (Å²) >= 11 is 0. The normalized spacial score (nSPS) is 22.5. The van der Waals surface area contributed by atoms with Gasteiger partial charge in [-0.25, -0.2) is 4.98 Å². The molecule has 0 bridgehead atoms. The number of likely N-dealkylation sites (N-methyl/N-ethyl adjacent to an activating group) is 1. The Labute approximate surface area is 201 Å². The molecule has 34 heavy (non-hydrogen) atoms. The van der Waals surface area contributed by atoms with Crippen LogP contribution < -0.4 is 4.74 Å². The quantitative estimate of drug-likeness (QED) is 0.594. The molecule has 0 aromatic carbocycles. The molecule has 1 saturated carbocycles. The van der Waals surface area contributed by atoms with Crippen LogP contribution in [0.15, 0.2) is 12.3 Å². The number of carbonyl (C=O) groups excluding carboxylic acids is 2. The Morgan fingerprint density at radius 2 is 2.15 bits per heavy atom. The summed E-state index contributed by atoms with van der Waals surface area (Å²) in [5.41, 5.74) is -0.249. The SMILES string of the molecule is COCC(=O)N(C)C[C@@H]1Oc2ncc(C#CC3(O)CCCC3)cc2C(=O)N([C@@H](C)CO)C[C@@H]1C. The van der Waals surface area contributed by atoms with E-state index in [9.17, 15) is 19.8 Å². The Bertz CT molecular complexity index is 950. The van der Waals surface area contributed by atoms with Gasteiger partial charge in [0.05, 0.1) is 19.2 Å². The molecule has 2 heterocycles. The minimum atomic E-state index is -0.998. The maximum Gasteiger partial charge on any atom is 0.259 e. The molecule has 2 amide bonds. The number of hydrogen-bond acceptors (Lipinski definition) is 7. The third-order valence-corrected chi connectivity index (χ3v) is 6.54. The summed E-state index contributed by atoms with van der Waals surface area (Å²) in [5.74, 6) is 5.45. The van der Waals surface area contributed by atoms with Crippen molar-refractivity contribution >= 4 is 11.8 Å². The molecule has 186 valence electrons. The van der Waals surface area contributed by atoms with E-state index in [1.165, 1.54) is 18.2 Å². The molecule has 0 spiro atoms. The number of ether oxygens (including phenoxy) is 2. The van der Waals surface area contributed by atoms with Gasteiger partial charge in [0.25, 0.3) is 5.91 Å². The zero-order chi connectivity index (χ0) is 24.9. The second-order valence-electron chi connectivity index (χ2n) is 9.40. The van der Waals surface area contributed by atoms with Crippen LogP contribution in [0.1, 0.15) is 55.5 Å². The van der Waals surface area contributed by atoms with Gasteiger partial charge in [-0.15, -0.1) is 0 Å². The van der Waals surface area contributed by atoms with Gasteiger partial charge in [-0.3, -0.25) is 9.59 Å². The highest BCUT2D eigenvalue weighted by molar-refractivity contribution is 5.97. The first-order valence-corrected chi connectivity index (χ1v) is 11.7. The smallest absolute Gasteiger partial charge is 0.259 e. The lowest BCUT2D eigenvalue weighted by atomic mass is 9.99. The van der Waals surface area contributed by atoms with Crippen LogP contribution >= 0.6 is 0 Å². The zero-order valence-electron chi connectivity index (χ0n) is 20.4. The van der Waals surface area contributed by atoms with Gasteiger partial charge in [-0.1, -0.05) is 18.8 Å². The summed E-state index contributed by atoms with van der Waals surface area (Å²) in [7, 11) is 3.14. The van der Waals surface area contributed by atoms with Crippen molar-refractivity contribution in [3.8, 4) is 17.7 Å². The summed E-state index contributed by atoms with van der Waals surface area (Å²) in [6.45, 7) is 4.12. The number of rotatable bonds is 6. The fourth-order valence-corrected chi connectivity index (χ4v) is 4.27. The van der Waals surface area contributed by atoms with Crippen molar-refractivity contribution in [2.75, 3.05) is 40.5 Å². The molecule has 9 nitrogen and oxygen atoms in total. The Kier molecular flexibility index (Phi) is 8.52. The van der Waals surface area contributed by atoms with Crippen LogP contribution in [0, 0.1) is 17.8 Å². The predicted molar refractivity (Wildman–Crippen MR) is 125 cm³/mol. The molecule has 2 aliphatic rings. The number of amides is 2. The Morgan fingerprint density at radius 3 is 2.79 bits per heavy atom. The van der Waals surface area contributed by atoms with E-state index in [4.69, 9.17) is 9.47 Å². The van der Waals surface area contributed by atoms with Crippen molar-refractivity contribution in [1.82, 2.24) is 14.8 Å². The van der Waals surface area contributed by atoms with Crippen molar-refractivity contribution in [2.24, 2.45) is 5.92 Å². The second-order valence-corrected chi connectivity index (χ2v) is 9.40. The zero-order valence-corrected chi connectivity index (χ0v) is 20.4. The topological polar surface area (TPSA) is 112 Å².